The SMILES string of the molecule is N#CC[C@H]1CC[C@@H](n2cc(-c3ncnc4[nH]ccc34)cn2)CC1. The lowest BCUT2D eigenvalue weighted by atomic mass is 9.84. The zero-order valence-corrected chi connectivity index (χ0v) is 12.8. The predicted molar refractivity (Wildman–Crippen MR) is 86.3 cm³/mol. The number of nitrogens with zero attached hydrogens (tertiary/aromatic N) is 5. The van der Waals surface area contributed by atoms with Crippen LogP contribution in [-0.2, 0) is 0 Å². The van der Waals surface area contributed by atoms with Crippen molar-refractivity contribution in [1.29, 1.82) is 5.26 Å². The first kappa shape index (κ1) is 13.9. The van der Waals surface area contributed by atoms with Crippen LogP contribution in [0.25, 0.3) is 22.3 Å². The maximum Gasteiger partial charge on any atom is 0.141 e. The molecule has 3 heterocycles. The normalized spacial score (nSPS) is 21.3. The van der Waals surface area contributed by atoms with Crippen LogP contribution in [0.1, 0.15) is 38.1 Å². The molecule has 116 valence electrons. The van der Waals surface area contributed by atoms with Crippen molar-refractivity contribution in [3.8, 4) is 17.3 Å². The lowest BCUT2D eigenvalue weighted by Crippen LogP contribution is -2.18. The molecule has 3 aromatic heterocycles. The highest BCUT2D eigenvalue weighted by Gasteiger charge is 2.23. The minimum atomic E-state index is 0.433. The van der Waals surface area contributed by atoms with E-state index in [1.165, 1.54) is 0 Å². The van der Waals surface area contributed by atoms with Crippen LogP contribution in [0.3, 0.4) is 0 Å². The van der Waals surface area contributed by atoms with Gasteiger partial charge in [0.25, 0.3) is 0 Å². The monoisotopic (exact) mass is 306 g/mol. The summed E-state index contributed by atoms with van der Waals surface area (Å²) in [7, 11) is 0. The molecule has 1 aliphatic rings. The Labute approximate surface area is 134 Å². The second kappa shape index (κ2) is 5.84. The van der Waals surface area contributed by atoms with Crippen LogP contribution in [-0.4, -0.2) is 24.7 Å². The van der Waals surface area contributed by atoms with Gasteiger partial charge in [0.05, 0.1) is 24.0 Å². The summed E-state index contributed by atoms with van der Waals surface area (Å²) < 4.78 is 2.07. The first-order valence-corrected chi connectivity index (χ1v) is 8.04. The van der Waals surface area contributed by atoms with Gasteiger partial charge in [-0.3, -0.25) is 4.68 Å². The summed E-state index contributed by atoms with van der Waals surface area (Å²) in [6.45, 7) is 0. The van der Waals surface area contributed by atoms with E-state index in [0.717, 1.165) is 48.0 Å². The molecule has 1 saturated carbocycles. The molecule has 0 unspecified atom stereocenters. The summed E-state index contributed by atoms with van der Waals surface area (Å²) in [4.78, 5) is 11.8. The molecule has 1 aliphatic carbocycles. The molecule has 0 aliphatic heterocycles. The van der Waals surface area contributed by atoms with Crippen molar-refractivity contribution in [2.24, 2.45) is 5.92 Å². The van der Waals surface area contributed by atoms with Crippen molar-refractivity contribution in [2.75, 3.05) is 0 Å². The number of H-pyrrole nitrogens is 1. The van der Waals surface area contributed by atoms with Gasteiger partial charge in [-0.1, -0.05) is 0 Å². The number of nitrogens with one attached hydrogen (secondary N) is 1. The van der Waals surface area contributed by atoms with Crippen molar-refractivity contribution in [2.45, 2.75) is 38.1 Å². The Morgan fingerprint density at radius 1 is 1.26 bits per heavy atom. The maximum absolute atomic E-state index is 8.82. The second-order valence-electron chi connectivity index (χ2n) is 6.21. The first-order valence-electron chi connectivity index (χ1n) is 8.04. The summed E-state index contributed by atoms with van der Waals surface area (Å²) in [5.74, 6) is 0.563. The number of nitriles is 1. The molecule has 0 spiro atoms. The number of hydrogen-bond acceptors (Lipinski definition) is 4. The Balaban J connectivity index is 1.56. The molecule has 0 radical (unpaired) electrons. The van der Waals surface area contributed by atoms with E-state index in [1.807, 2.05) is 18.5 Å². The van der Waals surface area contributed by atoms with Crippen molar-refractivity contribution in [3.63, 3.8) is 0 Å². The van der Waals surface area contributed by atoms with E-state index in [0.29, 0.717) is 18.4 Å². The van der Waals surface area contributed by atoms with Crippen LogP contribution in [0.15, 0.2) is 31.0 Å². The molecule has 23 heavy (non-hydrogen) atoms. The van der Waals surface area contributed by atoms with Crippen molar-refractivity contribution in [3.05, 3.63) is 31.0 Å². The van der Waals surface area contributed by atoms with Crippen LogP contribution >= 0.6 is 0 Å². The fourth-order valence-corrected chi connectivity index (χ4v) is 3.51. The molecule has 4 rings (SSSR count). The first-order chi connectivity index (χ1) is 11.3. The van der Waals surface area contributed by atoms with Gasteiger partial charge >= 0.3 is 0 Å². The Morgan fingerprint density at radius 2 is 2.13 bits per heavy atom. The van der Waals surface area contributed by atoms with Crippen molar-refractivity contribution < 1.29 is 0 Å². The lowest BCUT2D eigenvalue weighted by Gasteiger charge is -2.27. The molecule has 0 saturated heterocycles. The van der Waals surface area contributed by atoms with Gasteiger partial charge in [0.2, 0.25) is 0 Å². The molecule has 1 fully saturated rings. The molecular weight excluding hydrogens is 288 g/mol. The Hall–Kier alpha value is -2.68. The van der Waals surface area contributed by atoms with E-state index in [1.54, 1.807) is 6.33 Å². The highest BCUT2D eigenvalue weighted by molar-refractivity contribution is 5.89. The summed E-state index contributed by atoms with van der Waals surface area (Å²) in [6.07, 6.45) is 12.5. The summed E-state index contributed by atoms with van der Waals surface area (Å²) in [5.41, 5.74) is 2.79. The smallest absolute Gasteiger partial charge is 0.141 e. The summed E-state index contributed by atoms with van der Waals surface area (Å²) >= 11 is 0. The Bertz CT molecular complexity index is 847. The minimum absolute atomic E-state index is 0.433. The van der Waals surface area contributed by atoms with E-state index in [9.17, 15) is 0 Å². The second-order valence-corrected chi connectivity index (χ2v) is 6.21. The van der Waals surface area contributed by atoms with Gasteiger partial charge in [0.15, 0.2) is 0 Å². The van der Waals surface area contributed by atoms with Gasteiger partial charge in [-0.15, -0.1) is 0 Å². The third-order valence-corrected chi connectivity index (χ3v) is 4.80. The fraction of sp³-hybridized carbons (Fsp3) is 0.412. The molecule has 3 aromatic rings. The van der Waals surface area contributed by atoms with Crippen molar-refractivity contribution in [1.82, 2.24) is 24.7 Å². The lowest BCUT2D eigenvalue weighted by molar-refractivity contribution is 0.263. The highest BCUT2D eigenvalue weighted by Crippen LogP contribution is 2.34. The van der Waals surface area contributed by atoms with Crippen LogP contribution in [0.4, 0.5) is 0 Å². The largest absolute Gasteiger partial charge is 0.346 e. The van der Waals surface area contributed by atoms with Gasteiger partial charge in [0.1, 0.15) is 12.0 Å². The van der Waals surface area contributed by atoms with E-state index in [4.69, 9.17) is 5.26 Å². The molecule has 6 heteroatoms. The molecule has 0 amide bonds. The van der Waals surface area contributed by atoms with Gasteiger partial charge in [-0.2, -0.15) is 10.4 Å². The quantitative estimate of drug-likeness (QED) is 0.803. The Morgan fingerprint density at radius 3 is 2.96 bits per heavy atom. The van der Waals surface area contributed by atoms with Gasteiger partial charge < -0.3 is 4.98 Å². The van der Waals surface area contributed by atoms with E-state index in [2.05, 4.69) is 37.0 Å². The average Bonchev–Trinajstić information content (AvgIpc) is 3.25. The third kappa shape index (κ3) is 2.59. The van der Waals surface area contributed by atoms with Gasteiger partial charge in [-0.05, 0) is 37.7 Å². The highest BCUT2D eigenvalue weighted by atomic mass is 15.3. The van der Waals surface area contributed by atoms with Gasteiger partial charge in [-0.25, -0.2) is 9.97 Å². The summed E-state index contributed by atoms with van der Waals surface area (Å²) in [5, 5.41) is 14.4. The standard InChI is InChI=1S/C17H18N6/c18-7-5-12-1-3-14(4-2-12)23-10-13(9-22-23)16-15-6-8-19-17(15)21-11-20-16/h6,8-12,14H,1-5H2,(H,19,20,21)/t12-,14+. The molecular formula is C17H18N6. The topological polar surface area (TPSA) is 83.2 Å². The molecule has 6 nitrogen and oxygen atoms in total. The number of aromatic amines is 1. The van der Waals surface area contributed by atoms with Crippen LogP contribution < -0.4 is 0 Å². The summed E-state index contributed by atoms with van der Waals surface area (Å²) in [6, 6.07) is 4.72. The number of rotatable bonds is 3. The zero-order valence-electron chi connectivity index (χ0n) is 12.8. The average molecular weight is 306 g/mol. The third-order valence-electron chi connectivity index (χ3n) is 4.80. The zero-order chi connectivity index (χ0) is 15.6. The predicted octanol–water partition coefficient (Wildman–Crippen LogP) is 3.47. The number of hydrogen-bond donors (Lipinski definition) is 1. The maximum atomic E-state index is 8.82. The van der Waals surface area contributed by atoms with Crippen LogP contribution in [0, 0.1) is 17.2 Å². The number of aromatic nitrogens is 5. The fourth-order valence-electron chi connectivity index (χ4n) is 3.51. The van der Waals surface area contributed by atoms with E-state index >= 15 is 0 Å². The van der Waals surface area contributed by atoms with Crippen LogP contribution in [0.5, 0.6) is 0 Å². The molecule has 1 N–H and O–H groups in total. The van der Waals surface area contributed by atoms with Crippen LogP contribution in [0.2, 0.25) is 0 Å². The molecule has 0 atom stereocenters. The molecule has 0 aromatic carbocycles. The number of fused-ring (bicyclic) bond motifs is 1. The Kier molecular flexibility index (Phi) is 3.54. The van der Waals surface area contributed by atoms with E-state index in [-0.39, 0.29) is 0 Å². The van der Waals surface area contributed by atoms with E-state index < -0.39 is 0 Å². The van der Waals surface area contributed by atoms with Gasteiger partial charge in [0, 0.05) is 29.8 Å². The minimum Gasteiger partial charge on any atom is -0.346 e. The van der Waals surface area contributed by atoms with Crippen molar-refractivity contribution >= 4 is 11.0 Å². The molecule has 0 bridgehead atoms.